The van der Waals surface area contributed by atoms with Gasteiger partial charge in [-0.2, -0.15) is 0 Å². The van der Waals surface area contributed by atoms with Crippen molar-refractivity contribution in [2.24, 2.45) is 10.4 Å². The van der Waals surface area contributed by atoms with E-state index in [0.29, 0.717) is 18.6 Å². The molecule has 1 spiro atoms. The van der Waals surface area contributed by atoms with Crippen LogP contribution in [0.3, 0.4) is 0 Å². The third-order valence-electron chi connectivity index (χ3n) is 5.53. The standard InChI is InChI=1S/C20H29N3O3/c1-2-21-19(23-9-6-20(14-23)7-10-24-15-20)22-8-5-16-3-4-17-18(13-16)26-12-11-25-17/h3-4,13H,2,5-12,14-15H2,1H3,(H,21,22). The molecule has 6 heteroatoms. The summed E-state index contributed by atoms with van der Waals surface area (Å²) in [5.41, 5.74) is 1.59. The molecule has 3 aliphatic rings. The minimum atomic E-state index is 0.353. The highest BCUT2D eigenvalue weighted by Gasteiger charge is 2.42. The molecule has 3 aliphatic heterocycles. The molecule has 0 radical (unpaired) electrons. The van der Waals surface area contributed by atoms with Crippen LogP contribution in [0.1, 0.15) is 25.3 Å². The zero-order valence-corrected chi connectivity index (χ0v) is 15.6. The normalized spacial score (nSPS) is 25.1. The van der Waals surface area contributed by atoms with Crippen molar-refractivity contribution in [3.05, 3.63) is 23.8 Å². The highest BCUT2D eigenvalue weighted by Crippen LogP contribution is 2.38. The van der Waals surface area contributed by atoms with Gasteiger partial charge in [-0.1, -0.05) is 6.07 Å². The monoisotopic (exact) mass is 359 g/mol. The van der Waals surface area contributed by atoms with Gasteiger partial charge >= 0.3 is 0 Å². The van der Waals surface area contributed by atoms with E-state index in [1.165, 1.54) is 18.4 Å². The molecule has 1 aromatic carbocycles. The molecule has 0 aliphatic carbocycles. The van der Waals surface area contributed by atoms with E-state index in [4.69, 9.17) is 19.2 Å². The summed E-state index contributed by atoms with van der Waals surface area (Å²) >= 11 is 0. The molecule has 2 fully saturated rings. The molecular formula is C20H29N3O3. The van der Waals surface area contributed by atoms with Gasteiger partial charge in [-0.05, 0) is 43.9 Å². The molecule has 2 saturated heterocycles. The molecule has 4 rings (SSSR count). The third-order valence-corrected chi connectivity index (χ3v) is 5.53. The number of rotatable bonds is 4. The van der Waals surface area contributed by atoms with Gasteiger partial charge in [-0.25, -0.2) is 0 Å². The fourth-order valence-corrected chi connectivity index (χ4v) is 4.05. The molecule has 26 heavy (non-hydrogen) atoms. The van der Waals surface area contributed by atoms with E-state index < -0.39 is 0 Å². The largest absolute Gasteiger partial charge is 0.486 e. The van der Waals surface area contributed by atoms with Crippen LogP contribution in [0.2, 0.25) is 0 Å². The van der Waals surface area contributed by atoms with Crippen LogP contribution in [-0.2, 0) is 11.2 Å². The maximum absolute atomic E-state index is 5.67. The second-order valence-electron chi connectivity index (χ2n) is 7.44. The van der Waals surface area contributed by atoms with Crippen LogP contribution in [-0.4, -0.2) is 63.5 Å². The van der Waals surface area contributed by atoms with Crippen LogP contribution in [0.15, 0.2) is 23.2 Å². The Morgan fingerprint density at radius 2 is 2.08 bits per heavy atom. The number of aliphatic imine (C=N–C) groups is 1. The fraction of sp³-hybridized carbons (Fsp3) is 0.650. The molecular weight excluding hydrogens is 330 g/mol. The van der Waals surface area contributed by atoms with Crippen LogP contribution in [0, 0.1) is 5.41 Å². The lowest BCUT2D eigenvalue weighted by atomic mass is 9.87. The van der Waals surface area contributed by atoms with E-state index in [2.05, 4.69) is 29.3 Å². The van der Waals surface area contributed by atoms with Crippen molar-refractivity contribution in [2.75, 3.05) is 52.6 Å². The van der Waals surface area contributed by atoms with Gasteiger partial charge in [0, 0.05) is 38.2 Å². The van der Waals surface area contributed by atoms with Crippen molar-refractivity contribution in [3.63, 3.8) is 0 Å². The first-order chi connectivity index (χ1) is 12.8. The Labute approximate surface area is 155 Å². The van der Waals surface area contributed by atoms with Crippen LogP contribution < -0.4 is 14.8 Å². The van der Waals surface area contributed by atoms with Gasteiger partial charge in [-0.3, -0.25) is 4.99 Å². The summed E-state index contributed by atoms with van der Waals surface area (Å²) in [5, 5.41) is 3.46. The summed E-state index contributed by atoms with van der Waals surface area (Å²) in [6.45, 7) is 8.98. The number of benzene rings is 1. The Bertz CT molecular complexity index is 656. The lowest BCUT2D eigenvalue weighted by Crippen LogP contribution is -2.41. The lowest BCUT2D eigenvalue weighted by Gasteiger charge is -2.25. The van der Waals surface area contributed by atoms with Crippen molar-refractivity contribution in [3.8, 4) is 11.5 Å². The molecule has 0 aromatic heterocycles. The Hall–Kier alpha value is -1.95. The summed E-state index contributed by atoms with van der Waals surface area (Å²) in [7, 11) is 0. The van der Waals surface area contributed by atoms with Crippen molar-refractivity contribution in [1.82, 2.24) is 10.2 Å². The van der Waals surface area contributed by atoms with Gasteiger partial charge in [0.2, 0.25) is 0 Å². The number of hydrogen-bond donors (Lipinski definition) is 1. The van der Waals surface area contributed by atoms with E-state index in [-0.39, 0.29) is 0 Å². The number of ether oxygens (including phenoxy) is 3. The number of likely N-dealkylation sites (tertiary alicyclic amines) is 1. The number of guanidine groups is 1. The fourth-order valence-electron chi connectivity index (χ4n) is 4.05. The summed E-state index contributed by atoms with van der Waals surface area (Å²) < 4.78 is 16.9. The number of fused-ring (bicyclic) bond motifs is 1. The first kappa shape index (κ1) is 17.5. The molecule has 0 amide bonds. The average molecular weight is 359 g/mol. The predicted octanol–water partition coefficient (Wildman–Crippen LogP) is 2.08. The van der Waals surface area contributed by atoms with Gasteiger partial charge in [0.1, 0.15) is 13.2 Å². The van der Waals surface area contributed by atoms with E-state index in [0.717, 1.165) is 63.3 Å². The SMILES string of the molecule is CCNC(=NCCc1ccc2c(c1)OCCO2)N1CCC2(CCOC2)C1. The number of nitrogens with zero attached hydrogens (tertiary/aromatic N) is 2. The van der Waals surface area contributed by atoms with Gasteiger partial charge in [0.25, 0.3) is 0 Å². The molecule has 0 saturated carbocycles. The summed E-state index contributed by atoms with van der Waals surface area (Å²) in [6.07, 6.45) is 3.29. The zero-order valence-electron chi connectivity index (χ0n) is 15.6. The van der Waals surface area contributed by atoms with Crippen molar-refractivity contribution in [1.29, 1.82) is 0 Å². The minimum absolute atomic E-state index is 0.353. The first-order valence-electron chi connectivity index (χ1n) is 9.78. The molecule has 1 atom stereocenters. The smallest absolute Gasteiger partial charge is 0.193 e. The second kappa shape index (κ2) is 7.74. The molecule has 1 aromatic rings. The van der Waals surface area contributed by atoms with Gasteiger partial charge in [0.05, 0.1) is 6.61 Å². The third kappa shape index (κ3) is 3.75. The molecule has 0 bridgehead atoms. The summed E-state index contributed by atoms with van der Waals surface area (Å²) in [6, 6.07) is 6.19. The van der Waals surface area contributed by atoms with E-state index >= 15 is 0 Å². The minimum Gasteiger partial charge on any atom is -0.486 e. The van der Waals surface area contributed by atoms with Crippen molar-refractivity contribution >= 4 is 5.96 Å². The predicted molar refractivity (Wildman–Crippen MR) is 101 cm³/mol. The summed E-state index contributed by atoms with van der Waals surface area (Å²) in [4.78, 5) is 7.28. The van der Waals surface area contributed by atoms with Gasteiger partial charge in [-0.15, -0.1) is 0 Å². The quantitative estimate of drug-likeness (QED) is 0.659. The molecule has 142 valence electrons. The topological polar surface area (TPSA) is 55.3 Å². The lowest BCUT2D eigenvalue weighted by molar-refractivity contribution is 0.156. The van der Waals surface area contributed by atoms with E-state index in [1.807, 2.05) is 6.07 Å². The second-order valence-corrected chi connectivity index (χ2v) is 7.44. The van der Waals surface area contributed by atoms with Crippen LogP contribution in [0.5, 0.6) is 11.5 Å². The Balaban J connectivity index is 1.37. The molecule has 1 unspecified atom stereocenters. The van der Waals surface area contributed by atoms with Crippen molar-refractivity contribution in [2.45, 2.75) is 26.2 Å². The molecule has 3 heterocycles. The first-order valence-corrected chi connectivity index (χ1v) is 9.78. The van der Waals surface area contributed by atoms with Crippen LogP contribution in [0.25, 0.3) is 0 Å². The number of hydrogen-bond acceptors (Lipinski definition) is 4. The van der Waals surface area contributed by atoms with Gasteiger partial charge < -0.3 is 24.4 Å². The highest BCUT2D eigenvalue weighted by atomic mass is 16.6. The zero-order chi connectivity index (χ0) is 17.8. The van der Waals surface area contributed by atoms with Gasteiger partial charge in [0.15, 0.2) is 17.5 Å². The molecule has 6 nitrogen and oxygen atoms in total. The highest BCUT2D eigenvalue weighted by molar-refractivity contribution is 5.80. The summed E-state index contributed by atoms with van der Waals surface area (Å²) in [5.74, 6) is 2.74. The van der Waals surface area contributed by atoms with Crippen molar-refractivity contribution < 1.29 is 14.2 Å². The average Bonchev–Trinajstić information content (AvgIpc) is 3.31. The maximum atomic E-state index is 5.67. The number of nitrogens with one attached hydrogen (secondary N) is 1. The molecule has 1 N–H and O–H groups in total. The Morgan fingerprint density at radius 1 is 1.19 bits per heavy atom. The Kier molecular flexibility index (Phi) is 5.20. The van der Waals surface area contributed by atoms with E-state index in [9.17, 15) is 0 Å². The van der Waals surface area contributed by atoms with Crippen LogP contribution in [0.4, 0.5) is 0 Å². The maximum Gasteiger partial charge on any atom is 0.193 e. The van der Waals surface area contributed by atoms with Crippen LogP contribution >= 0.6 is 0 Å². The Morgan fingerprint density at radius 3 is 2.88 bits per heavy atom. The van der Waals surface area contributed by atoms with E-state index in [1.54, 1.807) is 0 Å².